The van der Waals surface area contributed by atoms with E-state index in [9.17, 15) is 4.79 Å². The fraction of sp³-hybridized carbons (Fsp3) is 0.545. The van der Waals surface area contributed by atoms with Gasteiger partial charge in [0.1, 0.15) is 23.7 Å². The number of para-hydroxylation sites is 1. The van der Waals surface area contributed by atoms with Crippen molar-refractivity contribution in [1.82, 2.24) is 19.4 Å². The van der Waals surface area contributed by atoms with Gasteiger partial charge in [0.2, 0.25) is 5.91 Å². The van der Waals surface area contributed by atoms with Gasteiger partial charge in [-0.05, 0) is 26.8 Å². The molecule has 0 saturated carbocycles. The van der Waals surface area contributed by atoms with Crippen molar-refractivity contribution < 1.29 is 9.53 Å². The summed E-state index contributed by atoms with van der Waals surface area (Å²) in [6.07, 6.45) is 5.49. The summed E-state index contributed by atoms with van der Waals surface area (Å²) < 4.78 is 8.52. The minimum absolute atomic E-state index is 0.118. The third kappa shape index (κ3) is 3.78. The van der Waals surface area contributed by atoms with E-state index >= 15 is 0 Å². The van der Waals surface area contributed by atoms with Crippen LogP contribution in [0.2, 0.25) is 0 Å². The second-order valence-corrected chi connectivity index (χ2v) is 8.37. The van der Waals surface area contributed by atoms with Crippen LogP contribution >= 0.6 is 0 Å². The Balaban J connectivity index is 1.59. The van der Waals surface area contributed by atoms with Crippen LogP contribution < -0.4 is 4.74 Å². The van der Waals surface area contributed by atoms with E-state index < -0.39 is 0 Å². The van der Waals surface area contributed by atoms with E-state index in [1.165, 1.54) is 0 Å². The summed E-state index contributed by atoms with van der Waals surface area (Å²) in [5.74, 6) is 1.90. The van der Waals surface area contributed by atoms with Gasteiger partial charge in [0, 0.05) is 56.5 Å². The van der Waals surface area contributed by atoms with Crippen molar-refractivity contribution in [2.45, 2.75) is 58.3 Å². The first-order valence-corrected chi connectivity index (χ1v) is 10.2. The molecule has 1 aromatic heterocycles. The van der Waals surface area contributed by atoms with Gasteiger partial charge in [0.05, 0.1) is 6.54 Å². The Hall–Kier alpha value is -2.34. The lowest BCUT2D eigenvalue weighted by molar-refractivity contribution is -0.136. The average Bonchev–Trinajstić information content (AvgIpc) is 2.99. The molecule has 0 radical (unpaired) electrons. The van der Waals surface area contributed by atoms with Crippen LogP contribution in [0.25, 0.3) is 0 Å². The Morgan fingerprint density at radius 1 is 1.25 bits per heavy atom. The highest BCUT2D eigenvalue weighted by Gasteiger charge is 2.42. The summed E-state index contributed by atoms with van der Waals surface area (Å²) in [6.45, 7) is 9.97. The molecule has 2 aromatic rings. The molecule has 28 heavy (non-hydrogen) atoms. The highest BCUT2D eigenvalue weighted by molar-refractivity contribution is 5.76. The van der Waals surface area contributed by atoms with Crippen LogP contribution in [0, 0.1) is 6.92 Å². The number of fused-ring (bicyclic) bond motifs is 1. The van der Waals surface area contributed by atoms with Crippen LogP contribution in [0.15, 0.2) is 36.7 Å². The molecule has 0 unspecified atom stereocenters. The van der Waals surface area contributed by atoms with Crippen LogP contribution in [0.4, 0.5) is 0 Å². The maximum atomic E-state index is 13.2. The third-order valence-corrected chi connectivity index (χ3v) is 6.16. The number of hydrogen-bond donors (Lipinski definition) is 0. The zero-order chi connectivity index (χ0) is 19.7. The number of aromatic nitrogens is 2. The van der Waals surface area contributed by atoms with Crippen molar-refractivity contribution in [3.8, 4) is 5.75 Å². The van der Waals surface area contributed by atoms with E-state index in [2.05, 4.69) is 29.8 Å². The quantitative estimate of drug-likeness (QED) is 0.819. The van der Waals surface area contributed by atoms with Crippen molar-refractivity contribution in [1.29, 1.82) is 0 Å². The second kappa shape index (κ2) is 7.59. The zero-order valence-electron chi connectivity index (χ0n) is 17.1. The molecule has 2 aliphatic heterocycles. The molecule has 4 rings (SSSR count). The highest BCUT2D eigenvalue weighted by Crippen LogP contribution is 2.36. The first-order valence-electron chi connectivity index (χ1n) is 10.2. The van der Waals surface area contributed by atoms with Crippen LogP contribution in [0.5, 0.6) is 5.75 Å². The molecule has 1 amide bonds. The van der Waals surface area contributed by atoms with Crippen molar-refractivity contribution in [2.75, 3.05) is 19.6 Å². The Morgan fingerprint density at radius 3 is 2.68 bits per heavy atom. The van der Waals surface area contributed by atoms with Crippen molar-refractivity contribution in [3.63, 3.8) is 0 Å². The summed E-state index contributed by atoms with van der Waals surface area (Å²) >= 11 is 0. The molecule has 1 spiro atoms. The number of carbonyl (C=O) groups is 1. The number of carbonyl (C=O) groups excluding carboxylic acids is 1. The van der Waals surface area contributed by atoms with Crippen LogP contribution in [-0.2, 0) is 17.9 Å². The number of ether oxygens (including phenoxy) is 1. The summed E-state index contributed by atoms with van der Waals surface area (Å²) in [5, 5.41) is 0. The van der Waals surface area contributed by atoms with Crippen LogP contribution in [0.1, 0.15) is 38.1 Å². The van der Waals surface area contributed by atoms with Gasteiger partial charge >= 0.3 is 0 Å². The molecule has 1 saturated heterocycles. The molecule has 0 atom stereocenters. The Kier molecular flexibility index (Phi) is 5.15. The molecule has 1 aromatic carbocycles. The molecule has 150 valence electrons. The summed E-state index contributed by atoms with van der Waals surface area (Å²) in [4.78, 5) is 21.9. The van der Waals surface area contributed by atoms with Gasteiger partial charge < -0.3 is 19.1 Å². The van der Waals surface area contributed by atoms with Gasteiger partial charge in [0.15, 0.2) is 0 Å². The largest absolute Gasteiger partial charge is 0.485 e. The standard InChI is InChI=1S/C22H30N4O2/c1-17(2)24-11-8-22(9-12-24)16-26(14-19-6-4-5-7-20(19)28-22)21(27)15-25-13-10-23-18(25)3/h4-7,10,13,17H,8-9,11-12,14-16H2,1-3H3. The summed E-state index contributed by atoms with van der Waals surface area (Å²) in [5.41, 5.74) is 0.777. The number of hydrogen-bond acceptors (Lipinski definition) is 4. The number of rotatable bonds is 3. The Labute approximate surface area is 167 Å². The van der Waals surface area contributed by atoms with Crippen molar-refractivity contribution in [2.24, 2.45) is 0 Å². The van der Waals surface area contributed by atoms with Crippen molar-refractivity contribution >= 4 is 5.91 Å². The summed E-state index contributed by atoms with van der Waals surface area (Å²) in [7, 11) is 0. The highest BCUT2D eigenvalue weighted by atomic mass is 16.5. The monoisotopic (exact) mass is 382 g/mol. The number of aryl methyl sites for hydroxylation is 1. The van der Waals surface area contributed by atoms with E-state index in [1.54, 1.807) is 6.20 Å². The van der Waals surface area contributed by atoms with E-state index in [4.69, 9.17) is 4.74 Å². The number of likely N-dealkylation sites (tertiary alicyclic amines) is 1. The first kappa shape index (κ1) is 19.0. The molecule has 6 nitrogen and oxygen atoms in total. The van der Waals surface area contributed by atoms with Crippen LogP contribution in [0.3, 0.4) is 0 Å². The number of amides is 1. The topological polar surface area (TPSA) is 50.6 Å². The number of benzene rings is 1. The average molecular weight is 383 g/mol. The molecule has 1 fully saturated rings. The smallest absolute Gasteiger partial charge is 0.242 e. The molecule has 6 heteroatoms. The SMILES string of the molecule is Cc1nccn1CC(=O)N1Cc2ccccc2OC2(CCN(C(C)C)CC2)C1. The lowest BCUT2D eigenvalue weighted by atomic mass is 9.89. The number of nitrogens with zero attached hydrogens (tertiary/aromatic N) is 4. The van der Waals surface area contributed by atoms with E-state index in [0.29, 0.717) is 25.7 Å². The Morgan fingerprint density at radius 2 is 2.00 bits per heavy atom. The first-order chi connectivity index (χ1) is 13.5. The molecule has 0 bridgehead atoms. The normalized spacial score (nSPS) is 19.4. The molecule has 3 heterocycles. The maximum Gasteiger partial charge on any atom is 0.242 e. The van der Waals surface area contributed by atoms with Crippen LogP contribution in [-0.4, -0.2) is 56.5 Å². The Bertz CT molecular complexity index is 837. The fourth-order valence-electron chi connectivity index (χ4n) is 4.31. The van der Waals surface area contributed by atoms with Gasteiger partial charge in [-0.1, -0.05) is 18.2 Å². The minimum atomic E-state index is -0.308. The second-order valence-electron chi connectivity index (χ2n) is 8.37. The lowest BCUT2D eigenvalue weighted by Gasteiger charge is -2.44. The van der Waals surface area contributed by atoms with Gasteiger partial charge in [-0.15, -0.1) is 0 Å². The predicted molar refractivity (Wildman–Crippen MR) is 108 cm³/mol. The molecule has 2 aliphatic rings. The summed E-state index contributed by atoms with van der Waals surface area (Å²) in [6, 6.07) is 8.68. The molecular weight excluding hydrogens is 352 g/mol. The van der Waals surface area contributed by atoms with Gasteiger partial charge in [-0.2, -0.15) is 0 Å². The maximum absolute atomic E-state index is 13.2. The van der Waals surface area contributed by atoms with Crippen molar-refractivity contribution in [3.05, 3.63) is 48.0 Å². The van der Waals surface area contributed by atoms with E-state index in [0.717, 1.165) is 43.1 Å². The molecular formula is C22H30N4O2. The zero-order valence-corrected chi connectivity index (χ0v) is 17.1. The third-order valence-electron chi connectivity index (χ3n) is 6.16. The fourth-order valence-corrected chi connectivity index (χ4v) is 4.31. The van der Waals surface area contributed by atoms with Gasteiger partial charge in [-0.3, -0.25) is 4.79 Å². The minimum Gasteiger partial charge on any atom is -0.485 e. The van der Waals surface area contributed by atoms with Gasteiger partial charge in [0.25, 0.3) is 0 Å². The molecule has 0 aliphatic carbocycles. The van der Waals surface area contributed by atoms with Gasteiger partial charge in [-0.25, -0.2) is 4.98 Å². The number of piperidine rings is 1. The number of imidazole rings is 1. The van der Waals surface area contributed by atoms with E-state index in [-0.39, 0.29) is 11.5 Å². The van der Waals surface area contributed by atoms with E-state index in [1.807, 2.05) is 40.8 Å². The predicted octanol–water partition coefficient (Wildman–Crippen LogP) is 2.86. The molecule has 0 N–H and O–H groups in total. The lowest BCUT2D eigenvalue weighted by Crippen LogP contribution is -2.55.